The summed E-state index contributed by atoms with van der Waals surface area (Å²) >= 11 is 0. The summed E-state index contributed by atoms with van der Waals surface area (Å²) in [6.45, 7) is 1.61. The molecule has 4 nitrogen and oxygen atoms in total. The summed E-state index contributed by atoms with van der Waals surface area (Å²) in [7, 11) is 1.81. The third kappa shape index (κ3) is 1.16. The molecular weight excluding hydrogens is 202 g/mol. The van der Waals surface area contributed by atoms with E-state index in [-0.39, 0.29) is 5.91 Å². The molecule has 0 fully saturated rings. The molecule has 2 aliphatic heterocycles. The Kier molecular flexibility index (Phi) is 1.94. The van der Waals surface area contributed by atoms with E-state index in [9.17, 15) is 4.79 Å². The minimum Gasteiger partial charge on any atom is -0.367 e. The summed E-state index contributed by atoms with van der Waals surface area (Å²) in [5.74, 6) is 0.00259. The second-order valence-corrected chi connectivity index (χ2v) is 4.48. The minimum atomic E-state index is -0.414. The lowest BCUT2D eigenvalue weighted by molar-refractivity contribution is -0.119. The number of benzene rings is 1. The van der Waals surface area contributed by atoms with Crippen LogP contribution in [0.25, 0.3) is 0 Å². The molecule has 0 saturated carbocycles. The molecule has 1 atom stereocenters. The maximum Gasteiger partial charge on any atom is 0.245 e. The van der Waals surface area contributed by atoms with E-state index in [1.807, 2.05) is 12.1 Å². The van der Waals surface area contributed by atoms with Crippen LogP contribution >= 0.6 is 0 Å². The lowest BCUT2D eigenvalue weighted by atomic mass is 10.1. The number of likely N-dealkylation sites (N-methyl/N-ethyl adjacent to an activating group) is 1. The van der Waals surface area contributed by atoms with Crippen LogP contribution in [0.4, 0.5) is 11.4 Å². The second-order valence-electron chi connectivity index (χ2n) is 4.48. The lowest BCUT2D eigenvalue weighted by Gasteiger charge is -2.20. The van der Waals surface area contributed by atoms with Crippen molar-refractivity contribution in [2.24, 2.45) is 5.73 Å². The van der Waals surface area contributed by atoms with Gasteiger partial charge in [-0.05, 0) is 18.1 Å². The van der Waals surface area contributed by atoms with E-state index in [4.69, 9.17) is 5.73 Å². The van der Waals surface area contributed by atoms with Gasteiger partial charge in [-0.15, -0.1) is 0 Å². The first-order chi connectivity index (χ1) is 7.68. The van der Waals surface area contributed by atoms with Gasteiger partial charge in [0.05, 0.1) is 11.4 Å². The molecule has 2 heterocycles. The van der Waals surface area contributed by atoms with E-state index in [1.54, 1.807) is 11.9 Å². The van der Waals surface area contributed by atoms with Crippen LogP contribution in [-0.4, -0.2) is 32.1 Å². The van der Waals surface area contributed by atoms with Crippen molar-refractivity contribution in [2.45, 2.75) is 12.5 Å². The third-order valence-electron chi connectivity index (χ3n) is 3.49. The quantitative estimate of drug-likeness (QED) is 0.682. The summed E-state index contributed by atoms with van der Waals surface area (Å²) in [4.78, 5) is 15.9. The van der Waals surface area contributed by atoms with Gasteiger partial charge in [0.15, 0.2) is 0 Å². The number of amides is 1. The molecule has 1 unspecified atom stereocenters. The molecule has 2 N–H and O–H groups in total. The van der Waals surface area contributed by atoms with Crippen LogP contribution < -0.4 is 15.5 Å². The van der Waals surface area contributed by atoms with Gasteiger partial charge in [-0.25, -0.2) is 0 Å². The van der Waals surface area contributed by atoms with Crippen molar-refractivity contribution in [3.8, 4) is 0 Å². The standard InChI is InChI=1S/C12H15N3O/c1-14-10-4-2-3-8-5-6-15(11(8)10)7-9(13)12(14)16/h2-4,9H,5-7,13H2,1H3. The fourth-order valence-electron chi connectivity index (χ4n) is 2.65. The topological polar surface area (TPSA) is 49.6 Å². The van der Waals surface area contributed by atoms with Gasteiger partial charge in [0.2, 0.25) is 5.91 Å². The highest BCUT2D eigenvalue weighted by molar-refractivity contribution is 6.02. The highest BCUT2D eigenvalue weighted by Crippen LogP contribution is 2.38. The van der Waals surface area contributed by atoms with Crippen LogP contribution in [0.3, 0.4) is 0 Å². The van der Waals surface area contributed by atoms with E-state index in [0.29, 0.717) is 6.54 Å². The molecule has 4 heteroatoms. The van der Waals surface area contributed by atoms with Gasteiger partial charge >= 0.3 is 0 Å². The second kappa shape index (κ2) is 3.22. The Balaban J connectivity index is 2.19. The smallest absolute Gasteiger partial charge is 0.245 e. The maximum absolute atomic E-state index is 12.0. The van der Waals surface area contributed by atoms with Crippen LogP contribution in [0.1, 0.15) is 5.56 Å². The van der Waals surface area contributed by atoms with Crippen molar-refractivity contribution in [3.63, 3.8) is 0 Å². The van der Waals surface area contributed by atoms with Gasteiger partial charge in [0.25, 0.3) is 0 Å². The first-order valence-electron chi connectivity index (χ1n) is 5.58. The van der Waals surface area contributed by atoms with Gasteiger partial charge in [-0.3, -0.25) is 4.79 Å². The molecule has 0 bridgehead atoms. The summed E-state index contributed by atoms with van der Waals surface area (Å²) < 4.78 is 0. The number of anilines is 2. The highest BCUT2D eigenvalue weighted by atomic mass is 16.2. The van der Waals surface area contributed by atoms with E-state index in [0.717, 1.165) is 18.7 Å². The molecule has 16 heavy (non-hydrogen) atoms. The normalized spacial score (nSPS) is 23.4. The summed E-state index contributed by atoms with van der Waals surface area (Å²) in [5, 5.41) is 0. The number of hydrogen-bond donors (Lipinski definition) is 1. The van der Waals surface area contributed by atoms with Gasteiger partial charge in [0, 0.05) is 20.1 Å². The zero-order valence-electron chi connectivity index (χ0n) is 9.31. The minimum absolute atomic E-state index is 0.00259. The average Bonchev–Trinajstić information content (AvgIpc) is 2.66. The first kappa shape index (κ1) is 9.66. The monoisotopic (exact) mass is 217 g/mol. The van der Waals surface area contributed by atoms with E-state index in [2.05, 4.69) is 11.0 Å². The zero-order chi connectivity index (χ0) is 11.3. The number of nitrogens with zero attached hydrogens (tertiary/aromatic N) is 2. The van der Waals surface area contributed by atoms with Crippen molar-refractivity contribution in [2.75, 3.05) is 29.9 Å². The molecule has 0 aromatic heterocycles. The van der Waals surface area contributed by atoms with E-state index in [1.165, 1.54) is 11.3 Å². The van der Waals surface area contributed by atoms with Crippen LogP contribution in [0.15, 0.2) is 18.2 Å². The number of rotatable bonds is 0. The Bertz CT molecular complexity index is 458. The van der Waals surface area contributed by atoms with Gasteiger partial charge in [-0.1, -0.05) is 12.1 Å². The highest BCUT2D eigenvalue weighted by Gasteiger charge is 2.33. The van der Waals surface area contributed by atoms with Gasteiger partial charge < -0.3 is 15.5 Å². The van der Waals surface area contributed by atoms with Crippen molar-refractivity contribution >= 4 is 17.3 Å². The fourth-order valence-corrected chi connectivity index (χ4v) is 2.65. The molecule has 0 aliphatic carbocycles. The van der Waals surface area contributed by atoms with Crippen LogP contribution in [0.2, 0.25) is 0 Å². The first-order valence-corrected chi connectivity index (χ1v) is 5.58. The zero-order valence-corrected chi connectivity index (χ0v) is 9.31. The molecule has 0 radical (unpaired) electrons. The van der Waals surface area contributed by atoms with Crippen LogP contribution in [0.5, 0.6) is 0 Å². The predicted molar refractivity (Wildman–Crippen MR) is 63.7 cm³/mol. The number of carbonyl (C=O) groups excluding carboxylic acids is 1. The summed E-state index contributed by atoms with van der Waals surface area (Å²) in [6, 6.07) is 5.72. The summed E-state index contributed by atoms with van der Waals surface area (Å²) in [5.41, 5.74) is 9.42. The van der Waals surface area contributed by atoms with Crippen molar-refractivity contribution in [3.05, 3.63) is 23.8 Å². The molecule has 0 spiro atoms. The van der Waals surface area contributed by atoms with Crippen LogP contribution in [0, 0.1) is 0 Å². The molecule has 1 aromatic rings. The fraction of sp³-hybridized carbons (Fsp3) is 0.417. The summed E-state index contributed by atoms with van der Waals surface area (Å²) in [6.07, 6.45) is 1.05. The van der Waals surface area contributed by atoms with Crippen molar-refractivity contribution in [1.29, 1.82) is 0 Å². The SMILES string of the molecule is CN1C(=O)C(N)CN2CCc3cccc1c32. The van der Waals surface area contributed by atoms with Crippen LogP contribution in [-0.2, 0) is 11.2 Å². The van der Waals surface area contributed by atoms with E-state index < -0.39 is 6.04 Å². The predicted octanol–water partition coefficient (Wildman–Crippen LogP) is 0.353. The molecule has 1 amide bonds. The molecule has 2 aliphatic rings. The van der Waals surface area contributed by atoms with Crippen molar-refractivity contribution < 1.29 is 4.79 Å². The Morgan fingerprint density at radius 2 is 2.25 bits per heavy atom. The van der Waals surface area contributed by atoms with Gasteiger partial charge in [0.1, 0.15) is 6.04 Å². The third-order valence-corrected chi connectivity index (χ3v) is 3.49. The number of nitrogens with two attached hydrogens (primary N) is 1. The number of para-hydroxylation sites is 1. The molecule has 3 rings (SSSR count). The molecule has 0 saturated heterocycles. The average molecular weight is 217 g/mol. The van der Waals surface area contributed by atoms with Gasteiger partial charge in [-0.2, -0.15) is 0 Å². The Morgan fingerprint density at radius 1 is 1.44 bits per heavy atom. The molecular formula is C12H15N3O. The van der Waals surface area contributed by atoms with Crippen molar-refractivity contribution in [1.82, 2.24) is 0 Å². The Labute approximate surface area is 94.6 Å². The van der Waals surface area contributed by atoms with E-state index >= 15 is 0 Å². The number of carbonyl (C=O) groups is 1. The lowest BCUT2D eigenvalue weighted by Crippen LogP contribution is -2.46. The molecule has 84 valence electrons. The maximum atomic E-state index is 12.0. The Morgan fingerprint density at radius 3 is 3.06 bits per heavy atom. The Hall–Kier alpha value is -1.55. The molecule has 1 aromatic carbocycles. The largest absolute Gasteiger partial charge is 0.367 e. The number of hydrogen-bond acceptors (Lipinski definition) is 3.